The predicted octanol–water partition coefficient (Wildman–Crippen LogP) is 3.79. The Balaban J connectivity index is 0.00000387. The van der Waals surface area contributed by atoms with Crippen LogP contribution in [0.25, 0.3) is 0 Å². The summed E-state index contributed by atoms with van der Waals surface area (Å²) in [6.45, 7) is 2.37. The van der Waals surface area contributed by atoms with E-state index in [0.717, 1.165) is 49.4 Å². The molecule has 0 spiro atoms. The number of sulfonamides is 1. The van der Waals surface area contributed by atoms with Crippen molar-refractivity contribution >= 4 is 50.5 Å². The summed E-state index contributed by atoms with van der Waals surface area (Å²) in [7, 11) is -1.70. The Hall–Kier alpha value is -2.91. The van der Waals surface area contributed by atoms with E-state index in [2.05, 4.69) is 20.2 Å². The number of halogens is 3. The summed E-state index contributed by atoms with van der Waals surface area (Å²) in [6, 6.07) is 6.16. The summed E-state index contributed by atoms with van der Waals surface area (Å²) in [5.74, 6) is -2.56. The highest BCUT2D eigenvalue weighted by Gasteiger charge is 2.31. The molecule has 0 radical (unpaired) electrons. The fraction of sp³-hybridized carbons (Fsp3) is 0.423. The number of nitrogens with one attached hydrogen (secondary N) is 1. The molecule has 4 heterocycles. The van der Waals surface area contributed by atoms with E-state index in [1.54, 1.807) is 6.07 Å². The highest BCUT2D eigenvalue weighted by atomic mass is 35.5. The van der Waals surface area contributed by atoms with Crippen molar-refractivity contribution < 1.29 is 26.7 Å². The van der Waals surface area contributed by atoms with E-state index < -0.39 is 33.0 Å². The number of thiazole rings is 1. The lowest BCUT2D eigenvalue weighted by Gasteiger charge is -2.31. The van der Waals surface area contributed by atoms with Crippen LogP contribution in [0.1, 0.15) is 40.9 Å². The van der Waals surface area contributed by atoms with E-state index in [-0.39, 0.29) is 53.2 Å². The molecule has 2 saturated heterocycles. The summed E-state index contributed by atoms with van der Waals surface area (Å²) in [6.07, 6.45) is 4.30. The van der Waals surface area contributed by atoms with Gasteiger partial charge in [-0.2, -0.15) is 4.31 Å². The molecule has 0 amide bonds. The smallest absolute Gasteiger partial charge is 0.244 e. The van der Waals surface area contributed by atoms with Gasteiger partial charge in [0.15, 0.2) is 5.13 Å². The van der Waals surface area contributed by atoms with Gasteiger partial charge < -0.3 is 20.7 Å². The van der Waals surface area contributed by atoms with Crippen LogP contribution in [0, 0.1) is 11.6 Å². The molecule has 0 unspecified atom stereocenters. The number of ketones is 1. The van der Waals surface area contributed by atoms with Crippen LogP contribution < -0.4 is 15.8 Å². The van der Waals surface area contributed by atoms with E-state index in [4.69, 9.17) is 10.5 Å². The van der Waals surface area contributed by atoms with E-state index in [9.17, 15) is 22.0 Å². The van der Waals surface area contributed by atoms with Crippen molar-refractivity contribution in [3.05, 3.63) is 58.6 Å². The van der Waals surface area contributed by atoms with Crippen LogP contribution >= 0.6 is 23.7 Å². The third-order valence-corrected chi connectivity index (χ3v) is 9.93. The molecule has 10 nitrogen and oxygen atoms in total. The molecular formula is C26H31ClF2N6O4S2. The van der Waals surface area contributed by atoms with Gasteiger partial charge in [-0.25, -0.2) is 27.2 Å². The molecule has 222 valence electrons. The van der Waals surface area contributed by atoms with Crippen molar-refractivity contribution in [3.63, 3.8) is 0 Å². The Kier molecular flexibility index (Phi) is 9.80. The van der Waals surface area contributed by atoms with Crippen molar-refractivity contribution in [3.8, 4) is 5.88 Å². The van der Waals surface area contributed by atoms with Crippen molar-refractivity contribution in [1.82, 2.24) is 19.2 Å². The monoisotopic (exact) mass is 628 g/mol. The van der Waals surface area contributed by atoms with Gasteiger partial charge in [0.25, 0.3) is 0 Å². The summed E-state index contributed by atoms with van der Waals surface area (Å²) in [5, 5.41) is 3.49. The number of nitrogens with two attached hydrogens (primary N) is 1. The first-order valence-corrected chi connectivity index (χ1v) is 15.2. The van der Waals surface area contributed by atoms with E-state index in [1.807, 2.05) is 7.05 Å². The number of aromatic nitrogens is 2. The average Bonchev–Trinajstić information content (AvgIpc) is 3.29. The number of pyridine rings is 1. The number of hydrogen-bond acceptors (Lipinski definition) is 10. The Morgan fingerprint density at radius 2 is 1.83 bits per heavy atom. The molecule has 0 bridgehead atoms. The number of carbonyl (C=O) groups excluding carboxylic acids is 1. The highest BCUT2D eigenvalue weighted by molar-refractivity contribution is 7.89. The molecule has 15 heteroatoms. The number of piperidine rings is 2. The van der Waals surface area contributed by atoms with Crippen LogP contribution in [0.3, 0.4) is 0 Å². The quantitative estimate of drug-likeness (QED) is 0.358. The third-order valence-electron chi connectivity index (χ3n) is 7.05. The second-order valence-electron chi connectivity index (χ2n) is 9.96. The number of ether oxygens (including phenoxy) is 1. The molecule has 2 aromatic heterocycles. The summed E-state index contributed by atoms with van der Waals surface area (Å²) in [5.41, 5.74) is 5.20. The fourth-order valence-electron chi connectivity index (χ4n) is 4.92. The molecule has 2 aliphatic heterocycles. The molecular weight excluding hydrogens is 598 g/mol. The largest absolute Gasteiger partial charge is 0.473 e. The maximum atomic E-state index is 14.1. The number of rotatable bonds is 8. The van der Waals surface area contributed by atoms with Crippen molar-refractivity contribution in [2.75, 3.05) is 44.3 Å². The van der Waals surface area contributed by atoms with Gasteiger partial charge in [0.05, 0.1) is 11.8 Å². The van der Waals surface area contributed by atoms with Crippen molar-refractivity contribution in [1.29, 1.82) is 0 Å². The van der Waals surface area contributed by atoms with Crippen LogP contribution in [-0.2, 0) is 10.0 Å². The van der Waals surface area contributed by atoms with Gasteiger partial charge in [0.1, 0.15) is 33.3 Å². The van der Waals surface area contributed by atoms with Gasteiger partial charge in [0.2, 0.25) is 21.7 Å². The molecule has 1 atom stereocenters. The highest BCUT2D eigenvalue weighted by Crippen LogP contribution is 2.31. The number of nitrogen functional groups attached to an aromatic ring is 1. The zero-order valence-corrected chi connectivity index (χ0v) is 24.7. The Labute approximate surface area is 247 Å². The lowest BCUT2D eigenvalue weighted by atomic mass is 10.1. The number of likely N-dealkylation sites (N-methyl/N-ethyl adjacent to an activating group) is 1. The zero-order valence-electron chi connectivity index (χ0n) is 22.3. The summed E-state index contributed by atoms with van der Waals surface area (Å²) >= 11 is 0.906. The van der Waals surface area contributed by atoms with Gasteiger partial charge >= 0.3 is 0 Å². The van der Waals surface area contributed by atoms with Crippen LogP contribution in [0.15, 0.2) is 41.4 Å². The number of anilines is 2. The molecule has 5 rings (SSSR count). The van der Waals surface area contributed by atoms with Crippen LogP contribution in [0.2, 0.25) is 0 Å². The normalized spacial score (nSPS) is 19.0. The first-order chi connectivity index (χ1) is 19.1. The molecule has 1 aromatic carbocycles. The van der Waals surface area contributed by atoms with Crippen LogP contribution in [0.5, 0.6) is 5.88 Å². The third kappa shape index (κ3) is 6.95. The fourth-order valence-corrected chi connectivity index (χ4v) is 7.25. The van der Waals surface area contributed by atoms with Gasteiger partial charge in [-0.3, -0.25) is 4.79 Å². The first kappa shape index (κ1) is 31.0. The minimum absolute atomic E-state index is 0. The topological polar surface area (TPSA) is 131 Å². The molecule has 3 aromatic rings. The summed E-state index contributed by atoms with van der Waals surface area (Å²) < 4.78 is 61.9. The zero-order chi connectivity index (χ0) is 28.4. The van der Waals surface area contributed by atoms with Gasteiger partial charge in [-0.1, -0.05) is 17.4 Å². The molecule has 3 N–H and O–H groups in total. The second kappa shape index (κ2) is 12.9. The Bertz CT molecular complexity index is 1460. The maximum Gasteiger partial charge on any atom is 0.244 e. The minimum atomic E-state index is -3.74. The van der Waals surface area contributed by atoms with Crippen molar-refractivity contribution in [2.45, 2.75) is 42.7 Å². The number of nitrogens with zero attached hydrogens (tertiary/aromatic N) is 4. The van der Waals surface area contributed by atoms with E-state index in [1.165, 1.54) is 22.6 Å². The van der Waals surface area contributed by atoms with Crippen LogP contribution in [0.4, 0.5) is 19.7 Å². The van der Waals surface area contributed by atoms with E-state index >= 15 is 0 Å². The number of hydrogen-bond donors (Lipinski definition) is 2. The van der Waals surface area contributed by atoms with Crippen molar-refractivity contribution in [2.24, 2.45) is 0 Å². The summed E-state index contributed by atoms with van der Waals surface area (Å²) in [4.78, 5) is 23.3. The number of benzene rings is 1. The Morgan fingerprint density at radius 3 is 2.46 bits per heavy atom. The van der Waals surface area contributed by atoms with Gasteiger partial charge in [-0.05, 0) is 57.5 Å². The van der Waals surface area contributed by atoms with Gasteiger partial charge in [0, 0.05) is 31.7 Å². The SMILES string of the molecule is CN1CCC[C@H](Oc2ccc(S(=O)(=O)N3CCC(Nc4nc(N)c(C(=O)c5c(F)cccc5F)s4)CC3)cn2)C1.Cl. The first-order valence-electron chi connectivity index (χ1n) is 12.9. The maximum absolute atomic E-state index is 14.1. The lowest BCUT2D eigenvalue weighted by molar-refractivity contribution is 0.0999. The standard InChI is InChI=1S/C26H30F2N6O4S2.ClH/c1-33-11-3-4-17(15-33)38-21-8-7-18(14-30-21)40(36,37)34-12-9-16(10-13-34)31-26-32-25(29)24(39-26)23(35)22-19(27)5-2-6-20(22)28;/h2,5-8,14,16-17H,3-4,9-13,15,29H2,1H3,(H,31,32);1H/t17-;/m0./s1. The molecule has 41 heavy (non-hydrogen) atoms. The average molecular weight is 629 g/mol. The minimum Gasteiger partial charge on any atom is -0.473 e. The predicted molar refractivity (Wildman–Crippen MR) is 154 cm³/mol. The number of carbonyl (C=O) groups is 1. The lowest BCUT2D eigenvalue weighted by Crippen LogP contribution is -2.42. The molecule has 2 aliphatic rings. The second-order valence-corrected chi connectivity index (χ2v) is 12.9. The Morgan fingerprint density at radius 1 is 1.12 bits per heavy atom. The number of likely N-dealkylation sites (tertiary alicyclic amines) is 1. The molecule has 2 fully saturated rings. The molecule has 0 aliphatic carbocycles. The van der Waals surface area contributed by atoms with Gasteiger partial charge in [-0.15, -0.1) is 12.4 Å². The van der Waals surface area contributed by atoms with Crippen LogP contribution in [-0.4, -0.2) is 78.7 Å². The molecule has 0 saturated carbocycles. The van der Waals surface area contributed by atoms with E-state index in [0.29, 0.717) is 23.9 Å².